The van der Waals surface area contributed by atoms with Crippen LogP contribution in [-0.4, -0.2) is 58.5 Å². The molecule has 2 aliphatic heterocycles. The molecule has 182 valence electrons. The summed E-state index contributed by atoms with van der Waals surface area (Å²) in [6.07, 6.45) is -0.789. The molecule has 2 heterocycles. The average molecular weight is 467 g/mol. The summed E-state index contributed by atoms with van der Waals surface area (Å²) in [7, 11) is 0. The summed E-state index contributed by atoms with van der Waals surface area (Å²) in [6, 6.07) is 20.0. The third-order valence-corrected chi connectivity index (χ3v) is 6.19. The van der Waals surface area contributed by atoms with E-state index in [0.717, 1.165) is 11.1 Å². The third-order valence-electron chi connectivity index (χ3n) is 6.19. The van der Waals surface area contributed by atoms with E-state index < -0.39 is 17.5 Å². The van der Waals surface area contributed by atoms with Crippen molar-refractivity contribution in [3.8, 4) is 0 Å². The van der Waals surface area contributed by atoms with E-state index in [2.05, 4.69) is 29.2 Å². The molecule has 34 heavy (non-hydrogen) atoms. The molecule has 2 aromatic rings. The summed E-state index contributed by atoms with van der Waals surface area (Å²) in [5, 5.41) is 0. The zero-order chi connectivity index (χ0) is 24.3. The van der Waals surface area contributed by atoms with Gasteiger partial charge in [0.1, 0.15) is 11.7 Å². The summed E-state index contributed by atoms with van der Waals surface area (Å²) in [4.78, 5) is 29.3. The molecule has 0 saturated carbocycles. The topological polar surface area (TPSA) is 68.3 Å². The van der Waals surface area contributed by atoms with Gasteiger partial charge in [-0.15, -0.1) is 0 Å². The first-order valence-electron chi connectivity index (χ1n) is 11.8. The van der Waals surface area contributed by atoms with Crippen LogP contribution < -0.4 is 0 Å². The lowest BCUT2D eigenvalue weighted by atomic mass is 10.0. The third kappa shape index (κ3) is 6.03. The van der Waals surface area contributed by atoms with E-state index in [9.17, 15) is 9.59 Å². The van der Waals surface area contributed by atoms with Crippen molar-refractivity contribution in [1.29, 1.82) is 0 Å². The van der Waals surface area contributed by atoms with Crippen molar-refractivity contribution in [3.63, 3.8) is 0 Å². The number of benzene rings is 2. The molecule has 7 nitrogen and oxygen atoms in total. The van der Waals surface area contributed by atoms with Gasteiger partial charge >= 0.3 is 6.09 Å². The summed E-state index contributed by atoms with van der Waals surface area (Å²) >= 11 is 0. The van der Waals surface area contributed by atoms with E-state index in [0.29, 0.717) is 19.7 Å². The van der Waals surface area contributed by atoms with Gasteiger partial charge in [-0.1, -0.05) is 60.7 Å². The van der Waals surface area contributed by atoms with E-state index in [1.807, 2.05) is 64.1 Å². The fourth-order valence-electron chi connectivity index (χ4n) is 4.58. The molecular weight excluding hydrogens is 432 g/mol. The zero-order valence-corrected chi connectivity index (χ0v) is 20.4. The average Bonchev–Trinajstić information content (AvgIpc) is 3.29. The Balaban J connectivity index is 1.63. The number of ether oxygens (including phenoxy) is 3. The van der Waals surface area contributed by atoms with Gasteiger partial charge in [0.15, 0.2) is 5.79 Å². The van der Waals surface area contributed by atoms with Crippen molar-refractivity contribution in [2.75, 3.05) is 13.2 Å². The van der Waals surface area contributed by atoms with Crippen molar-refractivity contribution >= 4 is 12.0 Å². The molecule has 2 saturated heterocycles. The van der Waals surface area contributed by atoms with Crippen molar-refractivity contribution in [3.05, 3.63) is 71.8 Å². The monoisotopic (exact) mass is 466 g/mol. The fraction of sp³-hybridized carbons (Fsp3) is 0.481. The van der Waals surface area contributed by atoms with Gasteiger partial charge in [0.2, 0.25) is 5.91 Å². The first kappa shape index (κ1) is 24.4. The molecule has 2 aromatic carbocycles. The Hall–Kier alpha value is -2.74. The number of cyclic esters (lactones) is 1. The molecule has 0 bridgehead atoms. The smallest absolute Gasteiger partial charge is 0.417 e. The molecule has 2 fully saturated rings. The van der Waals surface area contributed by atoms with Gasteiger partial charge in [0, 0.05) is 25.6 Å². The molecular formula is C27H34N2O5. The summed E-state index contributed by atoms with van der Waals surface area (Å²) in [5.41, 5.74) is 1.58. The van der Waals surface area contributed by atoms with Gasteiger partial charge < -0.3 is 14.2 Å². The second kappa shape index (κ2) is 9.86. The second-order valence-corrected chi connectivity index (χ2v) is 10.1. The highest BCUT2D eigenvalue weighted by Gasteiger charge is 2.45. The zero-order valence-electron chi connectivity index (χ0n) is 20.4. The van der Waals surface area contributed by atoms with Gasteiger partial charge in [-0.3, -0.25) is 9.69 Å². The Labute approximate surface area is 201 Å². The Morgan fingerprint density at radius 1 is 1.00 bits per heavy atom. The van der Waals surface area contributed by atoms with Crippen molar-refractivity contribution in [1.82, 2.24) is 9.80 Å². The minimum atomic E-state index is -0.730. The molecule has 0 aromatic heterocycles. The van der Waals surface area contributed by atoms with Gasteiger partial charge in [-0.2, -0.15) is 0 Å². The lowest BCUT2D eigenvalue weighted by molar-refractivity contribution is -0.151. The Kier molecular flexibility index (Phi) is 7.07. The van der Waals surface area contributed by atoms with Crippen molar-refractivity contribution in [2.24, 2.45) is 0 Å². The molecule has 4 rings (SSSR count). The second-order valence-electron chi connectivity index (χ2n) is 10.1. The van der Waals surface area contributed by atoms with Crippen LogP contribution in [0.1, 0.15) is 45.2 Å². The highest BCUT2D eigenvalue weighted by molar-refractivity contribution is 5.93. The Morgan fingerprint density at radius 3 is 2.00 bits per heavy atom. The predicted octanol–water partition coefficient (Wildman–Crippen LogP) is 4.36. The number of rotatable bonds is 8. The van der Waals surface area contributed by atoms with E-state index in [1.54, 1.807) is 0 Å². The normalized spacial score (nSPS) is 22.1. The highest BCUT2D eigenvalue weighted by atomic mass is 16.7. The highest BCUT2D eigenvalue weighted by Crippen LogP contribution is 2.31. The first-order valence-corrected chi connectivity index (χ1v) is 11.8. The number of imide groups is 1. The predicted molar refractivity (Wildman–Crippen MR) is 128 cm³/mol. The molecule has 0 aliphatic carbocycles. The quantitative estimate of drug-likeness (QED) is 0.576. The lowest BCUT2D eigenvalue weighted by Gasteiger charge is -2.35. The Morgan fingerprint density at radius 2 is 1.56 bits per heavy atom. The molecule has 7 heteroatoms. The van der Waals surface area contributed by atoms with Crippen molar-refractivity contribution < 1.29 is 23.8 Å². The molecule has 0 N–H and O–H groups in total. The largest absolute Gasteiger partial charge is 0.441 e. The van der Waals surface area contributed by atoms with Crippen LogP contribution in [0.2, 0.25) is 0 Å². The lowest BCUT2D eigenvalue weighted by Crippen LogP contribution is -2.48. The standard InChI is InChI=1S/C27H34N2O5/c1-26(2)19-29(25(31)34-26)24(30)15-22(23-18-32-27(3,4)33-23)28(16-20-11-7-5-8-12-20)17-21-13-9-6-10-14-21/h5-14,22-23H,15-19H2,1-4H3/t22-,23+/m0/s1. The fourth-order valence-corrected chi connectivity index (χ4v) is 4.58. The van der Waals surface area contributed by atoms with Crippen LogP contribution in [-0.2, 0) is 32.1 Å². The molecule has 0 radical (unpaired) electrons. The summed E-state index contributed by atoms with van der Waals surface area (Å²) < 4.78 is 17.5. The number of nitrogens with zero attached hydrogens (tertiary/aromatic N) is 2. The molecule has 2 atom stereocenters. The van der Waals surface area contributed by atoms with Crippen LogP contribution in [0, 0.1) is 0 Å². The number of amides is 2. The SMILES string of the molecule is CC1(C)CN(C(=O)C[C@@H]([C@H]2COC(C)(C)O2)N(Cc2ccccc2)Cc2ccccc2)C(=O)O1. The minimum absolute atomic E-state index is 0.120. The minimum Gasteiger partial charge on any atom is -0.441 e. The van der Waals surface area contributed by atoms with E-state index in [1.165, 1.54) is 4.90 Å². The molecule has 0 unspecified atom stereocenters. The summed E-state index contributed by atoms with van der Waals surface area (Å²) in [5.74, 6) is -0.994. The van der Waals surface area contributed by atoms with Crippen LogP contribution in [0.15, 0.2) is 60.7 Å². The van der Waals surface area contributed by atoms with Crippen molar-refractivity contribution in [2.45, 2.75) is 70.7 Å². The maximum atomic E-state index is 13.4. The van der Waals surface area contributed by atoms with Crippen LogP contribution >= 0.6 is 0 Å². The number of hydrogen-bond acceptors (Lipinski definition) is 6. The number of carbonyl (C=O) groups excluding carboxylic acids is 2. The Bertz CT molecular complexity index is 951. The first-order chi connectivity index (χ1) is 16.1. The maximum Gasteiger partial charge on any atom is 0.417 e. The van der Waals surface area contributed by atoms with Crippen LogP contribution in [0.25, 0.3) is 0 Å². The van der Waals surface area contributed by atoms with Gasteiger partial charge in [0.25, 0.3) is 0 Å². The van der Waals surface area contributed by atoms with Gasteiger partial charge in [-0.25, -0.2) is 9.69 Å². The maximum absolute atomic E-state index is 13.4. The van der Waals surface area contributed by atoms with E-state index in [-0.39, 0.29) is 31.0 Å². The van der Waals surface area contributed by atoms with Crippen LogP contribution in [0.5, 0.6) is 0 Å². The molecule has 0 spiro atoms. The van der Waals surface area contributed by atoms with Gasteiger partial charge in [-0.05, 0) is 38.8 Å². The molecule has 2 amide bonds. The van der Waals surface area contributed by atoms with E-state index in [4.69, 9.17) is 14.2 Å². The summed E-state index contributed by atoms with van der Waals surface area (Å²) in [6.45, 7) is 9.25. The van der Waals surface area contributed by atoms with Crippen LogP contribution in [0.4, 0.5) is 4.79 Å². The number of hydrogen-bond donors (Lipinski definition) is 0. The van der Waals surface area contributed by atoms with E-state index >= 15 is 0 Å². The van der Waals surface area contributed by atoms with Crippen LogP contribution in [0.3, 0.4) is 0 Å². The van der Waals surface area contributed by atoms with Gasteiger partial charge in [0.05, 0.1) is 13.2 Å². The molecule has 2 aliphatic rings. The number of carbonyl (C=O) groups is 2.